The molecule has 0 aliphatic heterocycles. The van der Waals surface area contributed by atoms with Gasteiger partial charge in [-0.2, -0.15) is 0 Å². The smallest absolute Gasteiger partial charge is 0.317 e. The van der Waals surface area contributed by atoms with Gasteiger partial charge in [-0.05, 0) is 11.4 Å². The molecular weight excluding hydrogens is 200 g/mol. The third-order valence-electron chi connectivity index (χ3n) is 1.49. The molecule has 0 aromatic carbocycles. The predicted molar refractivity (Wildman–Crippen MR) is 53.2 cm³/mol. The first-order chi connectivity index (χ1) is 6.77. The highest BCUT2D eigenvalue weighted by atomic mass is 32.1. The Bertz CT molecular complexity index is 395. The number of thiophene rings is 1. The highest BCUT2D eigenvalue weighted by molar-refractivity contribution is 7.11. The van der Waals surface area contributed by atoms with E-state index >= 15 is 0 Å². The minimum Gasteiger partial charge on any atom is -0.468 e. The Morgan fingerprint density at radius 3 is 3.14 bits per heavy atom. The largest absolute Gasteiger partial charge is 0.468 e. The highest BCUT2D eigenvalue weighted by Gasteiger charge is 1.99. The van der Waals surface area contributed by atoms with Crippen LogP contribution < -0.4 is 0 Å². The highest BCUT2D eigenvalue weighted by Crippen LogP contribution is 2.12. The molecule has 3 nitrogen and oxygen atoms in total. The predicted octanol–water partition coefficient (Wildman–Crippen LogP) is 1.48. The number of ether oxygens (including phenoxy) is 1. The molecule has 0 N–H and O–H groups in total. The van der Waals surface area contributed by atoms with Crippen LogP contribution in [0.3, 0.4) is 0 Å². The van der Waals surface area contributed by atoms with E-state index in [0.717, 1.165) is 6.29 Å². The van der Waals surface area contributed by atoms with Gasteiger partial charge in [0.1, 0.15) is 6.42 Å². The van der Waals surface area contributed by atoms with Gasteiger partial charge in [-0.3, -0.25) is 9.59 Å². The zero-order valence-electron chi connectivity index (χ0n) is 7.57. The van der Waals surface area contributed by atoms with Gasteiger partial charge in [-0.25, -0.2) is 0 Å². The number of hydrogen-bond acceptors (Lipinski definition) is 4. The Balaban J connectivity index is 2.67. The van der Waals surface area contributed by atoms with E-state index in [4.69, 9.17) is 0 Å². The van der Waals surface area contributed by atoms with Gasteiger partial charge in [0.2, 0.25) is 0 Å². The summed E-state index contributed by atoms with van der Waals surface area (Å²) in [7, 11) is 1.31. The van der Waals surface area contributed by atoms with Gasteiger partial charge < -0.3 is 4.74 Å². The molecule has 0 saturated carbocycles. The molecule has 0 bridgehead atoms. The van der Waals surface area contributed by atoms with E-state index in [1.54, 1.807) is 11.4 Å². The van der Waals surface area contributed by atoms with Crippen molar-refractivity contribution in [1.29, 1.82) is 0 Å². The molecule has 1 aromatic heterocycles. The number of methoxy groups -OCH3 is 1. The number of hydrogen-bond donors (Lipinski definition) is 0. The maximum atomic E-state index is 10.7. The maximum Gasteiger partial charge on any atom is 0.317 e. The van der Waals surface area contributed by atoms with Crippen LogP contribution in [0.15, 0.2) is 11.4 Å². The van der Waals surface area contributed by atoms with Crippen molar-refractivity contribution in [2.75, 3.05) is 7.11 Å². The maximum absolute atomic E-state index is 10.7. The zero-order valence-corrected chi connectivity index (χ0v) is 8.39. The topological polar surface area (TPSA) is 43.4 Å². The van der Waals surface area contributed by atoms with Gasteiger partial charge in [0, 0.05) is 5.56 Å². The fourth-order valence-corrected chi connectivity index (χ4v) is 1.45. The van der Waals surface area contributed by atoms with Crippen molar-refractivity contribution in [3.05, 3.63) is 21.9 Å². The number of aldehydes is 1. The summed E-state index contributed by atoms with van der Waals surface area (Å²) in [5.74, 6) is 5.00. The van der Waals surface area contributed by atoms with E-state index in [9.17, 15) is 9.59 Å². The molecule has 0 radical (unpaired) electrons. The molecule has 0 aliphatic rings. The van der Waals surface area contributed by atoms with E-state index in [0.29, 0.717) is 10.4 Å². The molecule has 0 atom stereocenters. The molecule has 72 valence electrons. The van der Waals surface area contributed by atoms with Crippen molar-refractivity contribution in [2.24, 2.45) is 0 Å². The number of esters is 1. The molecule has 0 aliphatic carbocycles. The SMILES string of the molecule is COC(=O)CC#Cc1ccsc1C=O. The van der Waals surface area contributed by atoms with Gasteiger partial charge in [0.05, 0.1) is 12.0 Å². The Hall–Kier alpha value is -1.60. The normalized spacial score (nSPS) is 8.64. The van der Waals surface area contributed by atoms with Crippen LogP contribution >= 0.6 is 11.3 Å². The first-order valence-corrected chi connectivity index (χ1v) is 4.74. The van der Waals surface area contributed by atoms with Crippen molar-refractivity contribution in [3.8, 4) is 11.8 Å². The summed E-state index contributed by atoms with van der Waals surface area (Å²) >= 11 is 1.33. The zero-order chi connectivity index (χ0) is 10.4. The van der Waals surface area contributed by atoms with Crippen LogP contribution in [-0.4, -0.2) is 19.4 Å². The van der Waals surface area contributed by atoms with Crippen LogP contribution in [0.1, 0.15) is 21.7 Å². The summed E-state index contributed by atoms with van der Waals surface area (Å²) in [4.78, 5) is 21.8. The average Bonchev–Trinajstić information content (AvgIpc) is 2.65. The third kappa shape index (κ3) is 2.71. The molecule has 0 saturated heterocycles. The molecular formula is C10H8O3S. The standard InChI is InChI=1S/C10H8O3S/c1-13-10(12)4-2-3-8-5-6-14-9(8)7-11/h5-7H,4H2,1H3. The number of rotatable bonds is 2. The second-order valence-corrected chi connectivity index (χ2v) is 3.32. The number of carbonyl (C=O) groups is 2. The van der Waals surface area contributed by atoms with Gasteiger partial charge >= 0.3 is 5.97 Å². The average molecular weight is 208 g/mol. The second-order valence-electron chi connectivity index (χ2n) is 2.37. The van der Waals surface area contributed by atoms with Crippen molar-refractivity contribution >= 4 is 23.6 Å². The summed E-state index contributed by atoms with van der Waals surface area (Å²) < 4.78 is 4.42. The minimum absolute atomic E-state index is 0.0463. The monoisotopic (exact) mass is 208 g/mol. The summed E-state index contributed by atoms with van der Waals surface area (Å²) in [5, 5.41) is 1.78. The Morgan fingerprint density at radius 2 is 2.50 bits per heavy atom. The minimum atomic E-state index is -0.375. The first kappa shape index (κ1) is 10.5. The van der Waals surface area contributed by atoms with Crippen molar-refractivity contribution in [3.63, 3.8) is 0 Å². The Labute approximate surface area is 85.7 Å². The van der Waals surface area contributed by atoms with Gasteiger partial charge in [-0.1, -0.05) is 11.8 Å². The van der Waals surface area contributed by atoms with Crippen LogP contribution in [0, 0.1) is 11.8 Å². The lowest BCUT2D eigenvalue weighted by atomic mass is 10.2. The summed E-state index contributed by atoms with van der Waals surface area (Å²) in [6, 6.07) is 1.75. The van der Waals surface area contributed by atoms with Gasteiger partial charge in [0.25, 0.3) is 0 Å². The molecule has 1 rings (SSSR count). The lowest BCUT2D eigenvalue weighted by Crippen LogP contribution is -1.97. The van der Waals surface area contributed by atoms with E-state index in [2.05, 4.69) is 16.6 Å². The third-order valence-corrected chi connectivity index (χ3v) is 2.33. The molecule has 1 heterocycles. The van der Waals surface area contributed by atoms with E-state index < -0.39 is 0 Å². The molecule has 4 heteroatoms. The van der Waals surface area contributed by atoms with Gasteiger partial charge in [0.15, 0.2) is 6.29 Å². The van der Waals surface area contributed by atoms with Crippen molar-refractivity contribution in [2.45, 2.75) is 6.42 Å². The molecule has 1 aromatic rings. The Morgan fingerprint density at radius 1 is 1.71 bits per heavy atom. The fraction of sp³-hybridized carbons (Fsp3) is 0.200. The van der Waals surface area contributed by atoms with Crippen LogP contribution in [0.5, 0.6) is 0 Å². The van der Waals surface area contributed by atoms with E-state index in [-0.39, 0.29) is 12.4 Å². The molecule has 0 amide bonds. The van der Waals surface area contributed by atoms with Crippen molar-refractivity contribution in [1.82, 2.24) is 0 Å². The molecule has 14 heavy (non-hydrogen) atoms. The lowest BCUT2D eigenvalue weighted by molar-refractivity contribution is -0.139. The summed E-state index contributed by atoms with van der Waals surface area (Å²) in [6.07, 6.45) is 0.803. The fourth-order valence-electron chi connectivity index (χ4n) is 0.799. The van der Waals surface area contributed by atoms with Crippen LogP contribution in [0.2, 0.25) is 0 Å². The first-order valence-electron chi connectivity index (χ1n) is 3.86. The summed E-state index contributed by atoms with van der Waals surface area (Å²) in [6.45, 7) is 0. The van der Waals surface area contributed by atoms with E-state index in [1.807, 2.05) is 0 Å². The van der Waals surface area contributed by atoms with Crippen LogP contribution in [0.4, 0.5) is 0 Å². The van der Waals surface area contributed by atoms with Crippen molar-refractivity contribution < 1.29 is 14.3 Å². The summed E-state index contributed by atoms with van der Waals surface area (Å²) in [5.41, 5.74) is 0.661. The second kappa shape index (κ2) is 5.20. The quantitative estimate of drug-likeness (QED) is 0.420. The molecule has 0 unspecified atom stereocenters. The number of carbonyl (C=O) groups excluding carboxylic acids is 2. The Kier molecular flexibility index (Phi) is 3.89. The van der Waals surface area contributed by atoms with Crippen LogP contribution in [0.25, 0.3) is 0 Å². The molecule has 0 spiro atoms. The van der Waals surface area contributed by atoms with Gasteiger partial charge in [-0.15, -0.1) is 11.3 Å². The lowest BCUT2D eigenvalue weighted by Gasteiger charge is -1.89. The van der Waals surface area contributed by atoms with Crippen LogP contribution in [-0.2, 0) is 9.53 Å². The van der Waals surface area contributed by atoms with E-state index in [1.165, 1.54) is 18.4 Å². The molecule has 0 fully saturated rings.